The summed E-state index contributed by atoms with van der Waals surface area (Å²) in [7, 11) is 0. The predicted molar refractivity (Wildman–Crippen MR) is 41.9 cm³/mol. The van der Waals surface area contributed by atoms with Crippen molar-refractivity contribution in [3.8, 4) is 0 Å². The van der Waals surface area contributed by atoms with E-state index in [0.717, 1.165) is 5.69 Å². The highest BCUT2D eigenvalue weighted by atomic mass is 16.3. The fourth-order valence-electron chi connectivity index (χ4n) is 0.860. The van der Waals surface area contributed by atoms with E-state index in [9.17, 15) is 5.11 Å². The third-order valence-electron chi connectivity index (χ3n) is 1.53. The molecule has 0 saturated heterocycles. The van der Waals surface area contributed by atoms with Crippen molar-refractivity contribution in [3.05, 3.63) is 17.5 Å². The largest absolute Gasteiger partial charge is 0.385 e. The van der Waals surface area contributed by atoms with Gasteiger partial charge in [0.1, 0.15) is 6.10 Å². The highest BCUT2D eigenvalue weighted by Crippen LogP contribution is 2.12. The Morgan fingerprint density at radius 3 is 2.73 bits per heavy atom. The molecule has 2 atom stereocenters. The zero-order chi connectivity index (χ0) is 8.43. The lowest BCUT2D eigenvalue weighted by atomic mass is 10.1. The Labute approximate surface area is 65.4 Å². The zero-order valence-electron chi connectivity index (χ0n) is 6.70. The molecule has 4 heteroatoms. The number of rotatable bonds is 2. The molecular formula is C7H13N3O. The lowest BCUT2D eigenvalue weighted by Gasteiger charge is -2.10. The van der Waals surface area contributed by atoms with Gasteiger partial charge in [-0.3, -0.25) is 5.10 Å². The molecule has 0 aliphatic carbocycles. The summed E-state index contributed by atoms with van der Waals surface area (Å²) in [5, 5.41) is 16.0. The van der Waals surface area contributed by atoms with Crippen molar-refractivity contribution in [2.75, 3.05) is 0 Å². The van der Waals surface area contributed by atoms with Crippen LogP contribution < -0.4 is 5.73 Å². The van der Waals surface area contributed by atoms with Crippen LogP contribution in [0.15, 0.2) is 6.07 Å². The lowest BCUT2D eigenvalue weighted by molar-refractivity contribution is 0.148. The van der Waals surface area contributed by atoms with Crippen LogP contribution in [0.4, 0.5) is 0 Å². The molecule has 0 fully saturated rings. The summed E-state index contributed by atoms with van der Waals surface area (Å²) in [5.41, 5.74) is 7.01. The number of nitrogens with zero attached hydrogens (tertiary/aromatic N) is 1. The molecule has 0 saturated carbocycles. The molecule has 11 heavy (non-hydrogen) atoms. The van der Waals surface area contributed by atoms with Crippen LogP contribution in [0.1, 0.15) is 24.4 Å². The third-order valence-corrected chi connectivity index (χ3v) is 1.53. The zero-order valence-corrected chi connectivity index (χ0v) is 6.70. The smallest absolute Gasteiger partial charge is 0.113 e. The van der Waals surface area contributed by atoms with E-state index in [1.54, 1.807) is 13.0 Å². The second kappa shape index (κ2) is 3.02. The Kier molecular flexibility index (Phi) is 2.26. The first-order valence-electron chi connectivity index (χ1n) is 3.57. The second-order valence-electron chi connectivity index (χ2n) is 2.78. The first-order chi connectivity index (χ1) is 5.11. The molecule has 0 aliphatic rings. The molecule has 0 radical (unpaired) electrons. The summed E-state index contributed by atoms with van der Waals surface area (Å²) in [4.78, 5) is 0. The van der Waals surface area contributed by atoms with E-state index in [4.69, 9.17) is 5.73 Å². The topological polar surface area (TPSA) is 74.9 Å². The van der Waals surface area contributed by atoms with Gasteiger partial charge in [-0.15, -0.1) is 0 Å². The molecule has 4 N–H and O–H groups in total. The number of aliphatic hydroxyl groups excluding tert-OH is 1. The van der Waals surface area contributed by atoms with Crippen LogP contribution in [0, 0.1) is 6.92 Å². The molecule has 62 valence electrons. The minimum absolute atomic E-state index is 0.280. The molecule has 1 rings (SSSR count). The average Bonchev–Trinajstić information content (AvgIpc) is 2.34. The van der Waals surface area contributed by atoms with Crippen molar-refractivity contribution in [3.63, 3.8) is 0 Å². The molecule has 0 amide bonds. The van der Waals surface area contributed by atoms with Crippen LogP contribution in [0.2, 0.25) is 0 Å². The first-order valence-corrected chi connectivity index (χ1v) is 3.57. The number of nitrogens with two attached hydrogens (primary N) is 1. The van der Waals surface area contributed by atoms with Gasteiger partial charge in [-0.1, -0.05) is 0 Å². The number of aromatic nitrogens is 2. The Morgan fingerprint density at radius 1 is 1.73 bits per heavy atom. The van der Waals surface area contributed by atoms with Crippen molar-refractivity contribution in [1.82, 2.24) is 10.2 Å². The molecule has 0 aromatic carbocycles. The molecule has 1 aromatic rings. The molecule has 0 bridgehead atoms. The standard InChI is InChI=1S/C7H13N3O/c1-4-3-6(10-9-4)7(11)5(2)8/h3,5,7,11H,8H2,1-2H3,(H,9,10). The average molecular weight is 155 g/mol. The molecular weight excluding hydrogens is 142 g/mol. The van der Waals surface area contributed by atoms with Gasteiger partial charge in [0.2, 0.25) is 0 Å². The van der Waals surface area contributed by atoms with Crippen LogP contribution in [0.25, 0.3) is 0 Å². The van der Waals surface area contributed by atoms with Gasteiger partial charge < -0.3 is 10.8 Å². The summed E-state index contributed by atoms with van der Waals surface area (Å²) < 4.78 is 0. The fourth-order valence-corrected chi connectivity index (χ4v) is 0.860. The quantitative estimate of drug-likeness (QED) is 0.567. The molecule has 4 nitrogen and oxygen atoms in total. The Hall–Kier alpha value is -0.870. The van der Waals surface area contributed by atoms with Crippen molar-refractivity contribution in [1.29, 1.82) is 0 Å². The number of H-pyrrole nitrogens is 1. The summed E-state index contributed by atoms with van der Waals surface area (Å²) >= 11 is 0. The molecule has 1 heterocycles. The molecule has 1 aromatic heterocycles. The number of aryl methyl sites for hydroxylation is 1. The SMILES string of the molecule is Cc1cc(C(O)C(C)N)n[nH]1. The Bertz CT molecular complexity index is 231. The third kappa shape index (κ3) is 1.78. The Balaban J connectivity index is 2.76. The maximum absolute atomic E-state index is 9.40. The maximum Gasteiger partial charge on any atom is 0.113 e. The van der Waals surface area contributed by atoms with Crippen molar-refractivity contribution in [2.24, 2.45) is 5.73 Å². The monoisotopic (exact) mass is 155 g/mol. The second-order valence-corrected chi connectivity index (χ2v) is 2.78. The van der Waals surface area contributed by atoms with Crippen molar-refractivity contribution < 1.29 is 5.11 Å². The van der Waals surface area contributed by atoms with Gasteiger partial charge in [0.25, 0.3) is 0 Å². The van der Waals surface area contributed by atoms with E-state index in [-0.39, 0.29) is 6.04 Å². The van der Waals surface area contributed by atoms with Gasteiger partial charge >= 0.3 is 0 Å². The highest BCUT2D eigenvalue weighted by Gasteiger charge is 2.14. The lowest BCUT2D eigenvalue weighted by Crippen LogP contribution is -2.24. The van der Waals surface area contributed by atoms with Crippen LogP contribution in [0.3, 0.4) is 0 Å². The van der Waals surface area contributed by atoms with E-state index in [2.05, 4.69) is 10.2 Å². The van der Waals surface area contributed by atoms with Crippen LogP contribution in [0.5, 0.6) is 0 Å². The van der Waals surface area contributed by atoms with Gasteiger partial charge in [0.05, 0.1) is 5.69 Å². The van der Waals surface area contributed by atoms with Gasteiger partial charge in [-0.05, 0) is 19.9 Å². The summed E-state index contributed by atoms with van der Waals surface area (Å²) in [6.07, 6.45) is -0.667. The van der Waals surface area contributed by atoms with Gasteiger partial charge in [0, 0.05) is 11.7 Å². The van der Waals surface area contributed by atoms with E-state index in [0.29, 0.717) is 5.69 Å². The van der Waals surface area contributed by atoms with Crippen LogP contribution in [-0.4, -0.2) is 21.3 Å². The van der Waals surface area contributed by atoms with E-state index >= 15 is 0 Å². The van der Waals surface area contributed by atoms with Crippen LogP contribution in [-0.2, 0) is 0 Å². The number of aliphatic hydroxyl groups is 1. The van der Waals surface area contributed by atoms with Gasteiger partial charge in [0.15, 0.2) is 0 Å². The van der Waals surface area contributed by atoms with Crippen LogP contribution >= 0.6 is 0 Å². The number of nitrogens with one attached hydrogen (secondary N) is 1. The molecule has 0 spiro atoms. The number of aromatic amines is 1. The minimum atomic E-state index is -0.667. The minimum Gasteiger partial charge on any atom is -0.385 e. The number of hydrogen-bond acceptors (Lipinski definition) is 3. The van der Waals surface area contributed by atoms with Gasteiger partial charge in [-0.25, -0.2) is 0 Å². The molecule has 2 unspecified atom stereocenters. The highest BCUT2D eigenvalue weighted by molar-refractivity contribution is 5.10. The van der Waals surface area contributed by atoms with E-state index in [1.165, 1.54) is 0 Å². The normalized spacial score (nSPS) is 16.4. The Morgan fingerprint density at radius 2 is 2.36 bits per heavy atom. The fraction of sp³-hybridized carbons (Fsp3) is 0.571. The first kappa shape index (κ1) is 8.23. The van der Waals surface area contributed by atoms with E-state index < -0.39 is 6.10 Å². The maximum atomic E-state index is 9.40. The van der Waals surface area contributed by atoms with Crippen molar-refractivity contribution in [2.45, 2.75) is 26.0 Å². The summed E-state index contributed by atoms with van der Waals surface area (Å²) in [6, 6.07) is 1.51. The number of hydrogen-bond donors (Lipinski definition) is 3. The van der Waals surface area contributed by atoms with E-state index in [1.807, 2.05) is 6.92 Å². The summed E-state index contributed by atoms with van der Waals surface area (Å²) in [6.45, 7) is 3.62. The van der Waals surface area contributed by atoms with Gasteiger partial charge in [-0.2, -0.15) is 5.10 Å². The van der Waals surface area contributed by atoms with Crippen molar-refractivity contribution >= 4 is 0 Å². The summed E-state index contributed by atoms with van der Waals surface area (Å²) in [5.74, 6) is 0. The predicted octanol–water partition coefficient (Wildman–Crippen LogP) is 0.0987. The molecule has 0 aliphatic heterocycles.